The lowest BCUT2D eigenvalue weighted by Crippen LogP contribution is -2.61. The molecule has 0 saturated carbocycles. The lowest BCUT2D eigenvalue weighted by atomic mass is 9.63. The number of carbonyl (C=O) groups excluding carboxylic acids is 1. The van der Waals surface area contributed by atoms with Crippen LogP contribution in [0.4, 0.5) is 18.0 Å². The van der Waals surface area contributed by atoms with E-state index in [2.05, 4.69) is 17.3 Å². The van der Waals surface area contributed by atoms with E-state index in [9.17, 15) is 18.0 Å². The van der Waals surface area contributed by atoms with Crippen molar-refractivity contribution in [2.24, 2.45) is 5.41 Å². The number of piperidine rings is 1. The summed E-state index contributed by atoms with van der Waals surface area (Å²) in [5.41, 5.74) is 1.47. The van der Waals surface area contributed by atoms with Crippen molar-refractivity contribution >= 4 is 6.03 Å². The van der Waals surface area contributed by atoms with Gasteiger partial charge in [-0.05, 0) is 55.8 Å². The van der Waals surface area contributed by atoms with Crippen molar-refractivity contribution in [2.75, 3.05) is 26.7 Å². The Bertz CT molecular complexity index is 800. The molecule has 0 bridgehead atoms. The summed E-state index contributed by atoms with van der Waals surface area (Å²) in [6, 6.07) is 6.58. The summed E-state index contributed by atoms with van der Waals surface area (Å²) in [5.74, 6) is -0.244. The fraction of sp³-hybridized carbons (Fsp3) is 0.476. The van der Waals surface area contributed by atoms with Gasteiger partial charge >= 0.3 is 6.03 Å². The van der Waals surface area contributed by atoms with Gasteiger partial charge in [0.2, 0.25) is 0 Å². The van der Waals surface area contributed by atoms with Gasteiger partial charge in [-0.2, -0.15) is 0 Å². The first-order valence-corrected chi connectivity index (χ1v) is 9.58. The summed E-state index contributed by atoms with van der Waals surface area (Å²) < 4.78 is 39.9. The van der Waals surface area contributed by atoms with E-state index in [4.69, 9.17) is 0 Å². The highest BCUT2D eigenvalue weighted by molar-refractivity contribution is 5.77. The van der Waals surface area contributed by atoms with Gasteiger partial charge in [-0.15, -0.1) is 0 Å². The van der Waals surface area contributed by atoms with Crippen LogP contribution in [-0.4, -0.2) is 54.9 Å². The molecule has 4 rings (SSSR count). The largest absolute Gasteiger partial charge is 0.324 e. The second-order valence-electron chi connectivity index (χ2n) is 8.02. The van der Waals surface area contributed by atoms with E-state index in [0.29, 0.717) is 18.8 Å². The molecular formula is C21H24F3N3O. The van der Waals surface area contributed by atoms with E-state index in [1.165, 1.54) is 18.2 Å². The fourth-order valence-electron chi connectivity index (χ4n) is 4.78. The number of amides is 2. The molecule has 2 aliphatic heterocycles. The molecule has 1 aromatic rings. The quantitative estimate of drug-likeness (QED) is 0.834. The summed E-state index contributed by atoms with van der Waals surface area (Å²) in [6.45, 7) is 2.14. The Morgan fingerprint density at radius 2 is 1.82 bits per heavy atom. The molecule has 0 radical (unpaired) electrons. The van der Waals surface area contributed by atoms with Gasteiger partial charge in [0.1, 0.15) is 5.82 Å². The van der Waals surface area contributed by atoms with Crippen LogP contribution in [0.2, 0.25) is 0 Å². The van der Waals surface area contributed by atoms with Crippen LogP contribution in [0.15, 0.2) is 48.2 Å². The van der Waals surface area contributed by atoms with Gasteiger partial charge in [-0.1, -0.05) is 12.1 Å². The zero-order valence-corrected chi connectivity index (χ0v) is 15.7. The van der Waals surface area contributed by atoms with E-state index in [0.717, 1.165) is 37.1 Å². The number of hydrogen-bond donors (Lipinski definition) is 1. The van der Waals surface area contributed by atoms with Gasteiger partial charge in [0.05, 0.1) is 0 Å². The molecule has 2 saturated heterocycles. The lowest BCUT2D eigenvalue weighted by molar-refractivity contribution is -0.0919. The molecule has 2 fully saturated rings. The summed E-state index contributed by atoms with van der Waals surface area (Å²) in [5, 5.41) is 2.66. The molecule has 3 aliphatic rings. The van der Waals surface area contributed by atoms with Crippen LogP contribution in [0.1, 0.15) is 24.4 Å². The minimum absolute atomic E-state index is 0.0822. The molecule has 1 aromatic carbocycles. The first-order valence-electron chi connectivity index (χ1n) is 9.58. The molecule has 28 heavy (non-hydrogen) atoms. The summed E-state index contributed by atoms with van der Waals surface area (Å²) in [4.78, 5) is 16.5. The van der Waals surface area contributed by atoms with Crippen molar-refractivity contribution in [1.82, 2.24) is 15.1 Å². The average molecular weight is 391 g/mol. The van der Waals surface area contributed by atoms with Crippen LogP contribution >= 0.6 is 0 Å². The highest BCUT2D eigenvalue weighted by Crippen LogP contribution is 2.54. The normalized spacial score (nSPS) is 29.4. The Kier molecular flexibility index (Phi) is 4.95. The highest BCUT2D eigenvalue weighted by Gasteiger charge is 2.52. The van der Waals surface area contributed by atoms with Crippen molar-refractivity contribution in [3.63, 3.8) is 0 Å². The topological polar surface area (TPSA) is 35.6 Å². The van der Waals surface area contributed by atoms with E-state index in [1.54, 1.807) is 4.90 Å². The second-order valence-corrected chi connectivity index (χ2v) is 8.02. The molecule has 2 amide bonds. The third-order valence-electron chi connectivity index (χ3n) is 6.17. The zero-order chi connectivity index (χ0) is 19.9. The van der Waals surface area contributed by atoms with Gasteiger partial charge in [-0.3, -0.25) is 4.90 Å². The van der Waals surface area contributed by atoms with Gasteiger partial charge < -0.3 is 10.2 Å². The minimum Gasteiger partial charge on any atom is -0.324 e. The number of likely N-dealkylation sites (tertiary alicyclic amines) is 2. The van der Waals surface area contributed by atoms with Crippen molar-refractivity contribution in [3.05, 3.63) is 59.6 Å². The fourth-order valence-corrected chi connectivity index (χ4v) is 4.78. The first-order chi connectivity index (χ1) is 13.4. The molecule has 7 heteroatoms. The Labute approximate surface area is 162 Å². The third-order valence-corrected chi connectivity index (χ3v) is 6.17. The second kappa shape index (κ2) is 7.28. The maximum Gasteiger partial charge on any atom is 0.321 e. The number of hydrogen-bond acceptors (Lipinski definition) is 2. The number of alkyl halides is 2. The summed E-state index contributed by atoms with van der Waals surface area (Å²) >= 11 is 0. The first kappa shape index (κ1) is 19.1. The third kappa shape index (κ3) is 3.43. The van der Waals surface area contributed by atoms with E-state index < -0.39 is 12.3 Å². The van der Waals surface area contributed by atoms with Crippen LogP contribution in [0.5, 0.6) is 0 Å². The van der Waals surface area contributed by atoms with Crippen LogP contribution in [0.3, 0.4) is 0 Å². The molecule has 2 heterocycles. The van der Waals surface area contributed by atoms with Crippen LogP contribution in [-0.2, 0) is 0 Å². The molecule has 1 N–H and O–H groups in total. The predicted octanol–water partition coefficient (Wildman–Crippen LogP) is 3.73. The Hall–Kier alpha value is -2.28. The number of allylic oxidation sites excluding steroid dienone is 3. The number of carbonyl (C=O) groups is 1. The number of nitrogens with zero attached hydrogens (tertiary/aromatic N) is 2. The molecule has 150 valence electrons. The van der Waals surface area contributed by atoms with Crippen molar-refractivity contribution in [2.45, 2.75) is 31.2 Å². The van der Waals surface area contributed by atoms with Crippen LogP contribution in [0.25, 0.3) is 0 Å². The average Bonchev–Trinajstić information content (AvgIpc) is 2.67. The van der Waals surface area contributed by atoms with Gasteiger partial charge in [0, 0.05) is 36.8 Å². The lowest BCUT2D eigenvalue weighted by Gasteiger charge is -2.59. The zero-order valence-electron chi connectivity index (χ0n) is 15.7. The molecule has 1 spiro atoms. The standard InChI is InChI=1S/C21H24F3N3O/c1-26-13-21(19(26)14-2-4-15(22)5-3-14)8-10-27(11-9-21)20(28)25-16-6-7-17(23)18(24)12-16/h2-7,12,17-19H,8-11,13H2,1H3,(H,25,28). The Morgan fingerprint density at radius 1 is 1.14 bits per heavy atom. The van der Waals surface area contributed by atoms with Crippen molar-refractivity contribution < 1.29 is 18.0 Å². The van der Waals surface area contributed by atoms with Crippen molar-refractivity contribution in [3.8, 4) is 0 Å². The smallest absolute Gasteiger partial charge is 0.321 e. The number of rotatable bonds is 2. The number of halogens is 3. The molecule has 3 unspecified atom stereocenters. The number of nitrogens with one attached hydrogen (secondary N) is 1. The molecule has 3 atom stereocenters. The van der Waals surface area contributed by atoms with Gasteiger partial charge in [0.15, 0.2) is 12.3 Å². The maximum atomic E-state index is 13.4. The molecule has 0 aromatic heterocycles. The van der Waals surface area contributed by atoms with Crippen molar-refractivity contribution in [1.29, 1.82) is 0 Å². The summed E-state index contributed by atoms with van der Waals surface area (Å²) in [7, 11) is 2.06. The molecule has 1 aliphatic carbocycles. The number of benzene rings is 1. The van der Waals surface area contributed by atoms with E-state index >= 15 is 0 Å². The van der Waals surface area contributed by atoms with E-state index in [1.807, 2.05) is 12.1 Å². The van der Waals surface area contributed by atoms with Gasteiger partial charge in [0.25, 0.3) is 0 Å². The summed E-state index contributed by atoms with van der Waals surface area (Å²) in [6.07, 6.45) is 1.92. The SMILES string of the molecule is CN1CC2(CCN(C(=O)NC3=CC(F)C(F)C=C3)CC2)C1c1ccc(F)cc1. The predicted molar refractivity (Wildman–Crippen MR) is 101 cm³/mol. The van der Waals surface area contributed by atoms with Crippen LogP contribution < -0.4 is 5.32 Å². The number of urea groups is 1. The monoisotopic (exact) mass is 391 g/mol. The molecular weight excluding hydrogens is 367 g/mol. The Balaban J connectivity index is 1.38. The minimum atomic E-state index is -1.73. The Morgan fingerprint density at radius 3 is 2.43 bits per heavy atom. The molecule has 4 nitrogen and oxygen atoms in total. The highest BCUT2D eigenvalue weighted by atomic mass is 19.2. The van der Waals surface area contributed by atoms with E-state index in [-0.39, 0.29) is 23.3 Å². The van der Waals surface area contributed by atoms with Crippen LogP contribution in [0, 0.1) is 11.2 Å². The maximum absolute atomic E-state index is 13.4. The van der Waals surface area contributed by atoms with Gasteiger partial charge in [-0.25, -0.2) is 18.0 Å².